The summed E-state index contributed by atoms with van der Waals surface area (Å²) in [6, 6.07) is 6.22. The van der Waals surface area contributed by atoms with Crippen molar-refractivity contribution in [1.29, 1.82) is 0 Å². The fraction of sp³-hybridized carbons (Fsp3) is 0.571. The van der Waals surface area contributed by atoms with Crippen molar-refractivity contribution in [2.24, 2.45) is 11.8 Å². The van der Waals surface area contributed by atoms with Crippen LogP contribution >= 0.6 is 12.4 Å². The lowest BCUT2D eigenvalue weighted by atomic mass is 10.0. The van der Waals surface area contributed by atoms with Crippen molar-refractivity contribution in [1.82, 2.24) is 10.2 Å². The minimum absolute atomic E-state index is 0. The van der Waals surface area contributed by atoms with Crippen LogP contribution in [-0.4, -0.2) is 44.2 Å². The van der Waals surface area contributed by atoms with Gasteiger partial charge in [-0.3, -0.25) is 4.90 Å². The Labute approximate surface area is 119 Å². The molecule has 0 aliphatic carbocycles. The maximum Gasteiger partial charge on any atom is 0.123 e. The van der Waals surface area contributed by atoms with Gasteiger partial charge in [0.05, 0.1) is 0 Å². The van der Waals surface area contributed by atoms with Crippen molar-refractivity contribution < 1.29 is 9.13 Å². The molecule has 2 fully saturated rings. The molecule has 2 heterocycles. The van der Waals surface area contributed by atoms with E-state index in [9.17, 15) is 4.39 Å². The summed E-state index contributed by atoms with van der Waals surface area (Å²) in [4.78, 5) is 2.47. The van der Waals surface area contributed by atoms with E-state index in [0.717, 1.165) is 24.1 Å². The summed E-state index contributed by atoms with van der Waals surface area (Å²) in [6.45, 7) is 6.34. The highest BCUT2D eigenvalue weighted by molar-refractivity contribution is 5.85. The molecule has 2 aliphatic heterocycles. The number of ether oxygens (including phenoxy) is 1. The van der Waals surface area contributed by atoms with Gasteiger partial charge < -0.3 is 10.1 Å². The first-order valence-corrected chi connectivity index (χ1v) is 6.63. The summed E-state index contributed by atoms with van der Waals surface area (Å²) in [5.41, 5.74) is 0. The Hall–Kier alpha value is -0.840. The van der Waals surface area contributed by atoms with Crippen LogP contribution in [-0.2, 0) is 0 Å². The van der Waals surface area contributed by atoms with Gasteiger partial charge in [0.15, 0.2) is 0 Å². The lowest BCUT2D eigenvalue weighted by Gasteiger charge is -2.17. The molecule has 2 atom stereocenters. The van der Waals surface area contributed by atoms with Crippen molar-refractivity contribution in [3.05, 3.63) is 30.1 Å². The largest absolute Gasteiger partial charge is 0.492 e. The average molecular weight is 287 g/mol. The second-order valence-corrected chi connectivity index (χ2v) is 5.24. The summed E-state index contributed by atoms with van der Waals surface area (Å²) in [6.07, 6.45) is 0. The van der Waals surface area contributed by atoms with Crippen LogP contribution in [0.15, 0.2) is 24.3 Å². The smallest absolute Gasteiger partial charge is 0.123 e. The van der Waals surface area contributed by atoms with Crippen LogP contribution in [0, 0.1) is 17.7 Å². The molecule has 2 aliphatic rings. The van der Waals surface area contributed by atoms with Crippen LogP contribution in [0.3, 0.4) is 0 Å². The fourth-order valence-corrected chi connectivity index (χ4v) is 2.96. The van der Waals surface area contributed by atoms with E-state index in [1.165, 1.54) is 38.3 Å². The molecule has 1 aromatic rings. The molecule has 0 unspecified atom stereocenters. The number of hydrogen-bond donors (Lipinski definition) is 1. The van der Waals surface area contributed by atoms with Gasteiger partial charge in [0, 0.05) is 19.6 Å². The molecule has 1 aromatic carbocycles. The topological polar surface area (TPSA) is 24.5 Å². The van der Waals surface area contributed by atoms with Gasteiger partial charge >= 0.3 is 0 Å². The van der Waals surface area contributed by atoms with Gasteiger partial charge in [-0.05, 0) is 49.2 Å². The molecule has 5 heteroatoms. The van der Waals surface area contributed by atoms with Crippen molar-refractivity contribution in [2.45, 2.75) is 0 Å². The zero-order valence-electron chi connectivity index (χ0n) is 10.8. The SMILES string of the molecule is Cl.Fc1ccc(OCCN2C[C@H]3CNC[C@H]3C2)cc1. The van der Waals surface area contributed by atoms with Crippen LogP contribution in [0.2, 0.25) is 0 Å². The minimum Gasteiger partial charge on any atom is -0.492 e. The van der Waals surface area contributed by atoms with Crippen molar-refractivity contribution in [3.8, 4) is 5.75 Å². The Kier molecular flexibility index (Phi) is 5.02. The predicted octanol–water partition coefficient (Wildman–Crippen LogP) is 1.78. The normalized spacial score (nSPS) is 25.9. The summed E-state index contributed by atoms with van der Waals surface area (Å²) in [7, 11) is 0. The Balaban J connectivity index is 0.00000133. The molecule has 3 nitrogen and oxygen atoms in total. The Morgan fingerprint density at radius 1 is 1.16 bits per heavy atom. The van der Waals surface area contributed by atoms with E-state index in [4.69, 9.17) is 4.74 Å². The fourth-order valence-electron chi connectivity index (χ4n) is 2.96. The first-order valence-electron chi connectivity index (χ1n) is 6.63. The standard InChI is InChI=1S/C14H19FN2O.ClH/c15-13-1-3-14(4-2-13)18-6-5-17-9-11-7-16-8-12(11)10-17;/h1-4,11-12,16H,5-10H2;1H/t11-,12+;. The summed E-state index contributed by atoms with van der Waals surface area (Å²) < 4.78 is 18.3. The summed E-state index contributed by atoms with van der Waals surface area (Å²) in [5.74, 6) is 2.19. The maximum atomic E-state index is 12.7. The maximum absolute atomic E-state index is 12.7. The molecular formula is C14H20ClFN2O. The van der Waals surface area contributed by atoms with Crippen LogP contribution in [0.5, 0.6) is 5.75 Å². The molecule has 0 aromatic heterocycles. The van der Waals surface area contributed by atoms with Crippen molar-refractivity contribution >= 4 is 12.4 Å². The van der Waals surface area contributed by atoms with Gasteiger partial charge in [0.25, 0.3) is 0 Å². The van der Waals surface area contributed by atoms with E-state index >= 15 is 0 Å². The van der Waals surface area contributed by atoms with Crippen molar-refractivity contribution in [3.63, 3.8) is 0 Å². The third-order valence-electron chi connectivity index (χ3n) is 3.96. The van der Waals surface area contributed by atoms with Crippen molar-refractivity contribution in [2.75, 3.05) is 39.3 Å². The molecule has 19 heavy (non-hydrogen) atoms. The minimum atomic E-state index is -0.220. The molecule has 0 bridgehead atoms. The van der Waals surface area contributed by atoms with Gasteiger partial charge in [-0.15, -0.1) is 12.4 Å². The summed E-state index contributed by atoms with van der Waals surface area (Å²) in [5, 5.41) is 3.44. The summed E-state index contributed by atoms with van der Waals surface area (Å²) >= 11 is 0. The lowest BCUT2D eigenvalue weighted by molar-refractivity contribution is 0.228. The Morgan fingerprint density at radius 2 is 1.79 bits per heavy atom. The average Bonchev–Trinajstić information content (AvgIpc) is 2.92. The van der Waals surface area contributed by atoms with E-state index in [1.54, 1.807) is 12.1 Å². The van der Waals surface area contributed by atoms with E-state index in [2.05, 4.69) is 10.2 Å². The number of nitrogens with zero attached hydrogens (tertiary/aromatic N) is 1. The number of hydrogen-bond acceptors (Lipinski definition) is 3. The van der Waals surface area contributed by atoms with Gasteiger partial charge in [0.2, 0.25) is 0 Å². The molecule has 0 spiro atoms. The van der Waals surface area contributed by atoms with Gasteiger partial charge in [-0.25, -0.2) is 4.39 Å². The third-order valence-corrected chi connectivity index (χ3v) is 3.96. The molecule has 0 saturated carbocycles. The highest BCUT2D eigenvalue weighted by Gasteiger charge is 2.35. The molecule has 1 N–H and O–H groups in total. The van der Waals surface area contributed by atoms with E-state index < -0.39 is 0 Å². The number of halogens is 2. The second kappa shape index (κ2) is 6.55. The van der Waals surface area contributed by atoms with Crippen LogP contribution in [0.4, 0.5) is 4.39 Å². The highest BCUT2D eigenvalue weighted by atomic mass is 35.5. The monoisotopic (exact) mass is 286 g/mol. The molecule has 106 valence electrons. The molecule has 3 rings (SSSR count). The number of rotatable bonds is 4. The van der Waals surface area contributed by atoms with E-state index in [-0.39, 0.29) is 18.2 Å². The van der Waals surface area contributed by atoms with Gasteiger partial charge in [0.1, 0.15) is 18.2 Å². The number of likely N-dealkylation sites (tertiary alicyclic amines) is 1. The molecule has 0 radical (unpaired) electrons. The van der Waals surface area contributed by atoms with E-state index in [1.807, 2.05) is 0 Å². The number of fused-ring (bicyclic) bond motifs is 1. The Bertz CT molecular complexity index is 389. The zero-order chi connectivity index (χ0) is 12.4. The first-order chi connectivity index (χ1) is 8.81. The van der Waals surface area contributed by atoms with Gasteiger partial charge in [-0.1, -0.05) is 0 Å². The molecular weight excluding hydrogens is 267 g/mol. The third kappa shape index (κ3) is 3.59. The molecule has 2 saturated heterocycles. The Morgan fingerprint density at radius 3 is 2.42 bits per heavy atom. The van der Waals surface area contributed by atoms with Gasteiger partial charge in [-0.2, -0.15) is 0 Å². The number of nitrogens with one attached hydrogen (secondary N) is 1. The first kappa shape index (κ1) is 14.6. The quantitative estimate of drug-likeness (QED) is 0.913. The zero-order valence-corrected chi connectivity index (χ0v) is 11.7. The van der Waals surface area contributed by atoms with Crippen LogP contribution < -0.4 is 10.1 Å². The second-order valence-electron chi connectivity index (χ2n) is 5.24. The predicted molar refractivity (Wildman–Crippen MR) is 75.4 cm³/mol. The molecule has 0 amide bonds. The van der Waals surface area contributed by atoms with Crippen LogP contribution in [0.25, 0.3) is 0 Å². The van der Waals surface area contributed by atoms with Crippen LogP contribution in [0.1, 0.15) is 0 Å². The number of benzene rings is 1. The highest BCUT2D eigenvalue weighted by Crippen LogP contribution is 2.25. The lowest BCUT2D eigenvalue weighted by Crippen LogP contribution is -2.29. The van der Waals surface area contributed by atoms with E-state index in [0.29, 0.717) is 6.61 Å².